The number of hydrogen-bond acceptors (Lipinski definition) is 2. The molecule has 0 aliphatic carbocycles. The molecule has 2 rings (SSSR count). The summed E-state index contributed by atoms with van der Waals surface area (Å²) in [5.41, 5.74) is -0.0395. The van der Waals surface area contributed by atoms with Crippen LogP contribution in [-0.2, 0) is 4.79 Å². The number of anilines is 1. The van der Waals surface area contributed by atoms with Crippen molar-refractivity contribution in [2.45, 2.75) is 6.18 Å². The van der Waals surface area contributed by atoms with Crippen molar-refractivity contribution < 1.29 is 32.3 Å². The van der Waals surface area contributed by atoms with E-state index in [0.717, 1.165) is 17.0 Å². The molecule has 0 unspecified atom stereocenters. The van der Waals surface area contributed by atoms with Gasteiger partial charge in [0.2, 0.25) is 0 Å². The lowest BCUT2D eigenvalue weighted by molar-refractivity contribution is -0.187. The molecular weight excluding hydrogens is 344 g/mol. The highest BCUT2D eigenvalue weighted by atomic mass is 35.5. The SMILES string of the molecule is O=C(O)[C@@H]1CN(C(=O)Nc2cc(F)cc(Cl)c2)C[C@H]1C(F)(F)F. The second-order valence-electron chi connectivity index (χ2n) is 5.09. The number of halogens is 5. The Bertz CT molecular complexity index is 618. The molecule has 1 fully saturated rings. The van der Waals surface area contributed by atoms with Crippen molar-refractivity contribution in [3.05, 3.63) is 29.0 Å². The number of carboxylic acid groups (broad SMARTS) is 1. The zero-order chi connectivity index (χ0) is 17.4. The number of urea groups is 1. The number of aliphatic carboxylic acids is 1. The summed E-state index contributed by atoms with van der Waals surface area (Å²) in [4.78, 5) is 23.6. The first kappa shape index (κ1) is 17.3. The van der Waals surface area contributed by atoms with Crippen LogP contribution in [0.2, 0.25) is 5.02 Å². The summed E-state index contributed by atoms with van der Waals surface area (Å²) in [6.45, 7) is -1.37. The van der Waals surface area contributed by atoms with Gasteiger partial charge in [0.15, 0.2) is 0 Å². The number of carbonyl (C=O) groups is 2. The van der Waals surface area contributed by atoms with Gasteiger partial charge in [0.1, 0.15) is 5.82 Å². The Hall–Kier alpha value is -2.03. The zero-order valence-electron chi connectivity index (χ0n) is 11.4. The van der Waals surface area contributed by atoms with Crippen LogP contribution in [0.3, 0.4) is 0 Å². The fraction of sp³-hybridized carbons (Fsp3) is 0.385. The molecule has 1 heterocycles. The van der Waals surface area contributed by atoms with Gasteiger partial charge in [-0.2, -0.15) is 13.2 Å². The number of likely N-dealkylation sites (tertiary alicyclic amines) is 1. The van der Waals surface area contributed by atoms with E-state index >= 15 is 0 Å². The summed E-state index contributed by atoms with van der Waals surface area (Å²) < 4.78 is 51.7. The van der Waals surface area contributed by atoms with Gasteiger partial charge in [-0.1, -0.05) is 11.6 Å². The van der Waals surface area contributed by atoms with E-state index in [4.69, 9.17) is 16.7 Å². The average molecular weight is 355 g/mol. The third kappa shape index (κ3) is 4.04. The summed E-state index contributed by atoms with van der Waals surface area (Å²) in [5, 5.41) is 11.1. The minimum absolute atomic E-state index is 0.00157. The molecule has 5 nitrogen and oxygen atoms in total. The van der Waals surface area contributed by atoms with Crippen LogP contribution in [0.1, 0.15) is 0 Å². The first-order valence-electron chi connectivity index (χ1n) is 6.39. The highest BCUT2D eigenvalue weighted by molar-refractivity contribution is 6.30. The number of hydrogen-bond donors (Lipinski definition) is 2. The largest absolute Gasteiger partial charge is 0.481 e. The Kier molecular flexibility index (Phi) is 4.69. The fourth-order valence-corrected chi connectivity index (χ4v) is 2.60. The van der Waals surface area contributed by atoms with Crippen LogP contribution in [0.5, 0.6) is 0 Å². The summed E-state index contributed by atoms with van der Waals surface area (Å²) >= 11 is 5.61. The minimum Gasteiger partial charge on any atom is -0.481 e. The molecule has 1 saturated heterocycles. The summed E-state index contributed by atoms with van der Waals surface area (Å²) in [5.74, 6) is -6.25. The molecule has 0 spiro atoms. The van der Waals surface area contributed by atoms with Gasteiger partial charge < -0.3 is 15.3 Å². The van der Waals surface area contributed by atoms with Gasteiger partial charge in [0.25, 0.3) is 0 Å². The number of rotatable bonds is 2. The van der Waals surface area contributed by atoms with Crippen LogP contribution < -0.4 is 5.32 Å². The van der Waals surface area contributed by atoms with Crippen LogP contribution in [-0.4, -0.2) is 41.3 Å². The molecule has 126 valence electrons. The van der Waals surface area contributed by atoms with Gasteiger partial charge in [-0.25, -0.2) is 9.18 Å². The van der Waals surface area contributed by atoms with Crippen molar-refractivity contribution in [3.63, 3.8) is 0 Å². The van der Waals surface area contributed by atoms with Crippen LogP contribution in [0.25, 0.3) is 0 Å². The maximum Gasteiger partial charge on any atom is 0.394 e. The van der Waals surface area contributed by atoms with Crippen molar-refractivity contribution in [1.82, 2.24) is 4.90 Å². The predicted molar refractivity (Wildman–Crippen MR) is 72.7 cm³/mol. The van der Waals surface area contributed by atoms with Crippen LogP contribution in [0.4, 0.5) is 28.0 Å². The highest BCUT2D eigenvalue weighted by Crippen LogP contribution is 2.37. The lowest BCUT2D eigenvalue weighted by Gasteiger charge is -2.18. The van der Waals surface area contributed by atoms with Crippen molar-refractivity contribution in [3.8, 4) is 0 Å². The van der Waals surface area contributed by atoms with E-state index in [-0.39, 0.29) is 10.7 Å². The predicted octanol–water partition coefficient (Wildman–Crippen LogP) is 3.21. The third-order valence-corrected chi connectivity index (χ3v) is 3.68. The zero-order valence-corrected chi connectivity index (χ0v) is 12.2. The van der Waals surface area contributed by atoms with E-state index in [1.54, 1.807) is 0 Å². The van der Waals surface area contributed by atoms with E-state index in [2.05, 4.69) is 5.32 Å². The fourth-order valence-electron chi connectivity index (χ4n) is 2.38. The second-order valence-corrected chi connectivity index (χ2v) is 5.52. The van der Waals surface area contributed by atoms with Gasteiger partial charge in [0, 0.05) is 23.8 Å². The molecule has 0 bridgehead atoms. The molecule has 2 N–H and O–H groups in total. The maximum absolute atomic E-state index is 13.2. The second kappa shape index (κ2) is 6.23. The molecule has 2 amide bonds. The van der Waals surface area contributed by atoms with Crippen LogP contribution >= 0.6 is 11.6 Å². The summed E-state index contributed by atoms with van der Waals surface area (Å²) in [7, 11) is 0. The number of nitrogens with one attached hydrogen (secondary N) is 1. The van der Waals surface area contributed by atoms with Gasteiger partial charge in [-0.05, 0) is 18.2 Å². The molecule has 0 aromatic heterocycles. The van der Waals surface area contributed by atoms with E-state index in [1.165, 1.54) is 6.07 Å². The summed E-state index contributed by atoms with van der Waals surface area (Å²) in [6, 6.07) is 2.20. The Balaban J connectivity index is 2.13. The van der Waals surface area contributed by atoms with Gasteiger partial charge in [0.05, 0.1) is 11.8 Å². The van der Waals surface area contributed by atoms with E-state index in [1.807, 2.05) is 0 Å². The normalized spacial score (nSPS) is 21.3. The smallest absolute Gasteiger partial charge is 0.394 e. The van der Waals surface area contributed by atoms with E-state index < -0.39 is 48.9 Å². The lowest BCUT2D eigenvalue weighted by atomic mass is 9.96. The Labute approximate surface area is 132 Å². The molecule has 1 aromatic rings. The van der Waals surface area contributed by atoms with Crippen molar-refractivity contribution in [1.29, 1.82) is 0 Å². The number of carbonyl (C=O) groups excluding carboxylic acids is 1. The monoisotopic (exact) mass is 354 g/mol. The standard InChI is InChI=1S/C13H11ClF4N2O3/c14-6-1-7(15)3-8(2-6)19-12(23)20-4-9(11(21)22)10(5-20)13(16,17)18/h1-3,9-10H,4-5H2,(H,19,23)(H,21,22)/t9-,10-/m1/s1. The average Bonchev–Trinajstić information content (AvgIpc) is 2.82. The molecule has 0 saturated carbocycles. The molecular formula is C13H11ClF4N2O3. The first-order valence-corrected chi connectivity index (χ1v) is 6.77. The molecule has 2 atom stereocenters. The molecule has 1 aromatic carbocycles. The first-order chi connectivity index (χ1) is 10.6. The maximum atomic E-state index is 13.2. The van der Waals surface area contributed by atoms with Crippen LogP contribution in [0, 0.1) is 17.7 Å². The van der Waals surface area contributed by atoms with Crippen molar-refractivity contribution >= 4 is 29.3 Å². The molecule has 10 heteroatoms. The topological polar surface area (TPSA) is 69.6 Å². The number of alkyl halides is 3. The Morgan fingerprint density at radius 3 is 2.39 bits per heavy atom. The van der Waals surface area contributed by atoms with Crippen molar-refractivity contribution in [2.75, 3.05) is 18.4 Å². The number of amides is 2. The van der Waals surface area contributed by atoms with Gasteiger partial charge in [-0.3, -0.25) is 4.79 Å². The third-order valence-electron chi connectivity index (χ3n) is 3.46. The lowest BCUT2D eigenvalue weighted by Crippen LogP contribution is -2.35. The Morgan fingerprint density at radius 2 is 1.91 bits per heavy atom. The van der Waals surface area contributed by atoms with Gasteiger partial charge >= 0.3 is 18.2 Å². The van der Waals surface area contributed by atoms with E-state index in [9.17, 15) is 27.2 Å². The molecule has 23 heavy (non-hydrogen) atoms. The molecule has 1 aliphatic heterocycles. The quantitative estimate of drug-likeness (QED) is 0.801. The molecule has 1 aliphatic rings. The minimum atomic E-state index is -4.74. The van der Waals surface area contributed by atoms with Crippen LogP contribution in [0.15, 0.2) is 18.2 Å². The number of carboxylic acids is 1. The number of nitrogens with zero attached hydrogens (tertiary/aromatic N) is 1. The molecule has 0 radical (unpaired) electrons. The van der Waals surface area contributed by atoms with Gasteiger partial charge in [-0.15, -0.1) is 0 Å². The number of benzene rings is 1. The highest BCUT2D eigenvalue weighted by Gasteiger charge is 2.53. The van der Waals surface area contributed by atoms with E-state index in [0.29, 0.717) is 0 Å². The Morgan fingerprint density at radius 1 is 1.26 bits per heavy atom. The van der Waals surface area contributed by atoms with Crippen molar-refractivity contribution in [2.24, 2.45) is 11.8 Å². The summed E-state index contributed by atoms with van der Waals surface area (Å²) in [6.07, 6.45) is -4.74.